The van der Waals surface area contributed by atoms with Crippen LogP contribution >= 0.6 is 27.5 Å². The molecule has 7 heteroatoms. The van der Waals surface area contributed by atoms with Crippen molar-refractivity contribution < 1.29 is 14.3 Å². The van der Waals surface area contributed by atoms with Gasteiger partial charge in [0, 0.05) is 18.2 Å². The Labute approximate surface area is 125 Å². The molecule has 0 heterocycles. The number of rotatable bonds is 6. The zero-order chi connectivity index (χ0) is 14.4. The summed E-state index contributed by atoms with van der Waals surface area (Å²) in [5, 5.41) is 3.23. The number of carbonyl (C=O) groups excluding carboxylic acids is 1. The molecule has 1 rings (SSSR count). The van der Waals surface area contributed by atoms with Crippen LogP contribution < -0.4 is 15.8 Å². The Kier molecular flexibility index (Phi) is 6.41. The SMILES string of the molecule is COCC(C)NC(=O)COc1c(N)cc(Cl)cc1Br. The van der Waals surface area contributed by atoms with Crippen LogP contribution in [0.2, 0.25) is 5.02 Å². The van der Waals surface area contributed by atoms with E-state index in [1.807, 2.05) is 6.92 Å². The monoisotopic (exact) mass is 350 g/mol. The molecule has 0 aliphatic carbocycles. The van der Waals surface area contributed by atoms with Gasteiger partial charge in [-0.25, -0.2) is 0 Å². The van der Waals surface area contributed by atoms with E-state index < -0.39 is 0 Å². The summed E-state index contributed by atoms with van der Waals surface area (Å²) in [4.78, 5) is 11.6. The molecule has 106 valence electrons. The minimum atomic E-state index is -0.245. The third kappa shape index (κ3) is 5.26. The molecule has 0 aromatic heterocycles. The van der Waals surface area contributed by atoms with Crippen LogP contribution in [-0.4, -0.2) is 32.3 Å². The Morgan fingerprint density at radius 2 is 2.26 bits per heavy atom. The lowest BCUT2D eigenvalue weighted by Crippen LogP contribution is -2.38. The highest BCUT2D eigenvalue weighted by Crippen LogP contribution is 2.34. The Hall–Kier alpha value is -0.980. The highest BCUT2D eigenvalue weighted by Gasteiger charge is 2.12. The van der Waals surface area contributed by atoms with Gasteiger partial charge in [-0.15, -0.1) is 0 Å². The molecule has 19 heavy (non-hydrogen) atoms. The first kappa shape index (κ1) is 16.1. The zero-order valence-corrected chi connectivity index (χ0v) is 13.0. The van der Waals surface area contributed by atoms with Gasteiger partial charge in [0.1, 0.15) is 0 Å². The molecule has 5 nitrogen and oxygen atoms in total. The highest BCUT2D eigenvalue weighted by atomic mass is 79.9. The largest absolute Gasteiger partial charge is 0.480 e. The molecule has 0 aliphatic heterocycles. The smallest absolute Gasteiger partial charge is 0.258 e. The van der Waals surface area contributed by atoms with Gasteiger partial charge in [0.05, 0.1) is 16.8 Å². The van der Waals surface area contributed by atoms with Crippen molar-refractivity contribution in [3.05, 3.63) is 21.6 Å². The van der Waals surface area contributed by atoms with E-state index in [9.17, 15) is 4.79 Å². The standard InChI is InChI=1S/C12H16BrClN2O3/c1-7(5-18-2)16-11(17)6-19-12-9(13)3-8(14)4-10(12)15/h3-4,7H,5-6,15H2,1-2H3,(H,16,17). The van der Waals surface area contributed by atoms with Crippen molar-refractivity contribution in [2.75, 3.05) is 26.1 Å². The van der Waals surface area contributed by atoms with E-state index in [0.29, 0.717) is 27.5 Å². The van der Waals surface area contributed by atoms with Crippen molar-refractivity contribution in [3.8, 4) is 5.75 Å². The van der Waals surface area contributed by atoms with Crippen LogP contribution in [0, 0.1) is 0 Å². The fraction of sp³-hybridized carbons (Fsp3) is 0.417. The number of nitrogen functional groups attached to an aromatic ring is 1. The van der Waals surface area contributed by atoms with Crippen LogP contribution in [0.15, 0.2) is 16.6 Å². The second kappa shape index (κ2) is 7.57. The maximum absolute atomic E-state index is 11.6. The highest BCUT2D eigenvalue weighted by molar-refractivity contribution is 9.10. The molecule has 1 aromatic rings. The summed E-state index contributed by atoms with van der Waals surface area (Å²) in [5.74, 6) is 0.157. The van der Waals surface area contributed by atoms with Crippen molar-refractivity contribution >= 4 is 39.1 Å². The topological polar surface area (TPSA) is 73.6 Å². The quantitative estimate of drug-likeness (QED) is 0.771. The van der Waals surface area contributed by atoms with E-state index >= 15 is 0 Å². The second-order valence-corrected chi connectivity index (χ2v) is 5.31. The van der Waals surface area contributed by atoms with Gasteiger partial charge in [-0.2, -0.15) is 0 Å². The molecular weight excluding hydrogens is 336 g/mol. The molecule has 0 fully saturated rings. The van der Waals surface area contributed by atoms with Gasteiger partial charge in [-0.1, -0.05) is 11.6 Å². The van der Waals surface area contributed by atoms with Crippen LogP contribution in [0.4, 0.5) is 5.69 Å². The first-order chi connectivity index (χ1) is 8.93. The first-order valence-electron chi connectivity index (χ1n) is 5.59. The molecule has 3 N–H and O–H groups in total. The molecule has 0 radical (unpaired) electrons. The lowest BCUT2D eigenvalue weighted by Gasteiger charge is -2.14. The van der Waals surface area contributed by atoms with E-state index in [1.165, 1.54) is 0 Å². The molecule has 0 saturated heterocycles. The van der Waals surface area contributed by atoms with Gasteiger partial charge in [-0.05, 0) is 35.0 Å². The van der Waals surface area contributed by atoms with Crippen molar-refractivity contribution in [1.82, 2.24) is 5.32 Å². The molecule has 1 amide bonds. The third-order valence-electron chi connectivity index (χ3n) is 2.21. The number of amides is 1. The Morgan fingerprint density at radius 3 is 2.84 bits per heavy atom. The predicted molar refractivity (Wildman–Crippen MR) is 78.5 cm³/mol. The summed E-state index contributed by atoms with van der Waals surface area (Å²) < 4.78 is 10.9. The number of hydrogen-bond donors (Lipinski definition) is 2. The predicted octanol–water partition coefficient (Wildman–Crippen LogP) is 2.21. The summed E-state index contributed by atoms with van der Waals surface area (Å²) in [6, 6.07) is 3.14. The molecule has 1 aromatic carbocycles. The van der Waals surface area contributed by atoms with Crippen molar-refractivity contribution in [2.45, 2.75) is 13.0 Å². The average Bonchev–Trinajstić information content (AvgIpc) is 2.27. The molecule has 0 spiro atoms. The minimum absolute atomic E-state index is 0.0768. The van der Waals surface area contributed by atoms with Crippen LogP contribution in [0.5, 0.6) is 5.75 Å². The molecule has 1 atom stereocenters. The van der Waals surface area contributed by atoms with Crippen LogP contribution in [0.1, 0.15) is 6.92 Å². The second-order valence-electron chi connectivity index (χ2n) is 4.02. The normalized spacial score (nSPS) is 12.0. The van der Waals surface area contributed by atoms with Crippen molar-refractivity contribution in [3.63, 3.8) is 0 Å². The van der Waals surface area contributed by atoms with Crippen molar-refractivity contribution in [1.29, 1.82) is 0 Å². The number of carbonyl (C=O) groups is 1. The fourth-order valence-electron chi connectivity index (χ4n) is 1.48. The number of halogens is 2. The van der Waals surface area contributed by atoms with Gasteiger partial charge in [0.25, 0.3) is 5.91 Å². The van der Waals surface area contributed by atoms with Gasteiger partial charge in [0.15, 0.2) is 12.4 Å². The zero-order valence-electron chi connectivity index (χ0n) is 10.7. The maximum Gasteiger partial charge on any atom is 0.258 e. The van der Waals surface area contributed by atoms with Gasteiger partial charge in [-0.3, -0.25) is 4.79 Å². The number of methoxy groups -OCH3 is 1. The molecule has 0 aliphatic rings. The van der Waals surface area contributed by atoms with E-state index in [4.69, 9.17) is 26.8 Å². The summed E-state index contributed by atoms with van der Waals surface area (Å²) in [6.07, 6.45) is 0. The first-order valence-corrected chi connectivity index (χ1v) is 6.76. The van der Waals surface area contributed by atoms with Gasteiger partial charge < -0.3 is 20.5 Å². The average molecular weight is 352 g/mol. The van der Waals surface area contributed by atoms with Gasteiger partial charge in [0.2, 0.25) is 0 Å². The lowest BCUT2D eigenvalue weighted by atomic mass is 10.3. The Morgan fingerprint density at radius 1 is 1.58 bits per heavy atom. The Bertz CT molecular complexity index is 434. The van der Waals surface area contributed by atoms with Crippen molar-refractivity contribution in [2.24, 2.45) is 0 Å². The number of nitrogens with two attached hydrogens (primary N) is 1. The number of ether oxygens (including phenoxy) is 2. The molecule has 1 unspecified atom stereocenters. The summed E-state index contributed by atoms with van der Waals surface area (Å²) in [6.45, 7) is 2.16. The maximum atomic E-state index is 11.6. The third-order valence-corrected chi connectivity index (χ3v) is 3.02. The molecular formula is C12H16BrClN2O3. The van der Waals surface area contributed by atoms with Crippen LogP contribution in [0.3, 0.4) is 0 Å². The van der Waals surface area contributed by atoms with E-state index in [-0.39, 0.29) is 18.6 Å². The number of nitrogens with one attached hydrogen (secondary N) is 1. The van der Waals surface area contributed by atoms with E-state index in [1.54, 1.807) is 19.2 Å². The molecule has 0 bridgehead atoms. The summed E-state index contributed by atoms with van der Waals surface area (Å²) in [5.41, 5.74) is 6.14. The number of anilines is 1. The fourth-order valence-corrected chi connectivity index (χ4v) is 2.43. The van der Waals surface area contributed by atoms with E-state index in [2.05, 4.69) is 21.2 Å². The number of benzene rings is 1. The Balaban J connectivity index is 2.55. The van der Waals surface area contributed by atoms with Crippen LogP contribution in [0.25, 0.3) is 0 Å². The van der Waals surface area contributed by atoms with Crippen LogP contribution in [-0.2, 0) is 9.53 Å². The summed E-state index contributed by atoms with van der Waals surface area (Å²) in [7, 11) is 1.57. The summed E-state index contributed by atoms with van der Waals surface area (Å²) >= 11 is 9.11. The lowest BCUT2D eigenvalue weighted by molar-refractivity contribution is -0.124. The molecule has 0 saturated carbocycles. The van der Waals surface area contributed by atoms with E-state index in [0.717, 1.165) is 0 Å². The van der Waals surface area contributed by atoms with Gasteiger partial charge >= 0.3 is 0 Å². The number of hydrogen-bond acceptors (Lipinski definition) is 4. The minimum Gasteiger partial charge on any atom is -0.480 e.